The maximum absolute atomic E-state index is 13.2. The van der Waals surface area contributed by atoms with Crippen molar-refractivity contribution in [3.8, 4) is 5.75 Å². The van der Waals surface area contributed by atoms with Gasteiger partial charge in [0.1, 0.15) is 18.0 Å². The molecule has 1 saturated heterocycles. The lowest BCUT2D eigenvalue weighted by Crippen LogP contribution is -2.37. The van der Waals surface area contributed by atoms with Crippen molar-refractivity contribution in [1.29, 1.82) is 0 Å². The van der Waals surface area contributed by atoms with Crippen LogP contribution < -0.4 is 10.1 Å². The highest BCUT2D eigenvalue weighted by Crippen LogP contribution is 2.27. The molecule has 1 aliphatic rings. The smallest absolute Gasteiger partial charge is 0.242 e. The zero-order valence-corrected chi connectivity index (χ0v) is 19.3. The van der Waals surface area contributed by atoms with Gasteiger partial charge in [-0.15, -0.1) is 0 Å². The predicted molar refractivity (Wildman–Crippen MR) is 126 cm³/mol. The van der Waals surface area contributed by atoms with E-state index in [1.807, 2.05) is 4.90 Å². The summed E-state index contributed by atoms with van der Waals surface area (Å²) in [4.78, 5) is 27.2. The molecule has 174 valence electrons. The zero-order valence-electron chi connectivity index (χ0n) is 18.5. The lowest BCUT2D eigenvalue weighted by molar-refractivity contribution is -0.132. The average molecular weight is 470 g/mol. The lowest BCUT2D eigenvalue weighted by Gasteiger charge is -2.27. The fraction of sp³-hybridized carbons (Fsp3) is 0.333. The summed E-state index contributed by atoms with van der Waals surface area (Å²) in [6.45, 7) is 1.53. The number of anilines is 1. The first kappa shape index (κ1) is 22.8. The van der Waals surface area contributed by atoms with Gasteiger partial charge >= 0.3 is 0 Å². The summed E-state index contributed by atoms with van der Waals surface area (Å²) in [5, 5.41) is 3.11. The number of amides is 2. The van der Waals surface area contributed by atoms with E-state index in [0.717, 1.165) is 32.4 Å². The Labute approximate surface area is 193 Å². The molecule has 0 radical (unpaired) electrons. The number of fused-ring (bicyclic) bond motifs is 1. The molecule has 1 N–H and O–H groups in total. The number of piperidine rings is 1. The zero-order chi connectivity index (χ0) is 23.4. The third kappa shape index (κ3) is 5.19. The normalized spacial score (nSPS) is 14.3. The highest BCUT2D eigenvalue weighted by Gasteiger charge is 2.26. The number of methoxy groups -OCH3 is 1. The summed E-state index contributed by atoms with van der Waals surface area (Å²) in [5.41, 5.74) is 1.13. The largest absolute Gasteiger partial charge is 0.497 e. The van der Waals surface area contributed by atoms with E-state index in [0.29, 0.717) is 22.3 Å². The minimum Gasteiger partial charge on any atom is -0.497 e. The average Bonchev–Trinajstić information content (AvgIpc) is 3.19. The van der Waals surface area contributed by atoms with Gasteiger partial charge in [0.05, 0.1) is 12.0 Å². The number of carbonyl (C=O) groups is 2. The van der Waals surface area contributed by atoms with Crippen molar-refractivity contribution in [2.75, 3.05) is 31.3 Å². The van der Waals surface area contributed by atoms with E-state index in [1.54, 1.807) is 53.1 Å². The van der Waals surface area contributed by atoms with Gasteiger partial charge in [-0.1, -0.05) is 18.2 Å². The van der Waals surface area contributed by atoms with Gasteiger partial charge in [-0.2, -0.15) is 0 Å². The number of rotatable bonds is 7. The van der Waals surface area contributed by atoms with Gasteiger partial charge < -0.3 is 19.5 Å². The summed E-state index contributed by atoms with van der Waals surface area (Å²) in [5.74, 6) is -0.738. The van der Waals surface area contributed by atoms with Crippen molar-refractivity contribution >= 4 is 38.2 Å². The van der Waals surface area contributed by atoms with Crippen molar-refractivity contribution in [3.05, 3.63) is 54.7 Å². The van der Waals surface area contributed by atoms with Gasteiger partial charge in [0.2, 0.25) is 11.8 Å². The minimum absolute atomic E-state index is 0.0309. The number of hydrogen-bond donors (Lipinski definition) is 1. The van der Waals surface area contributed by atoms with Crippen LogP contribution >= 0.6 is 0 Å². The van der Waals surface area contributed by atoms with E-state index in [9.17, 15) is 18.0 Å². The second kappa shape index (κ2) is 9.66. The fourth-order valence-electron chi connectivity index (χ4n) is 4.10. The van der Waals surface area contributed by atoms with E-state index in [1.165, 1.54) is 13.3 Å². The number of likely N-dealkylation sites (tertiary alicyclic amines) is 1. The maximum atomic E-state index is 13.2. The van der Waals surface area contributed by atoms with E-state index in [-0.39, 0.29) is 17.3 Å². The van der Waals surface area contributed by atoms with Crippen molar-refractivity contribution in [2.45, 2.75) is 30.7 Å². The predicted octanol–water partition coefficient (Wildman–Crippen LogP) is 3.07. The number of para-hydroxylation sites is 1. The number of nitrogens with one attached hydrogen (secondary N) is 1. The molecule has 3 aromatic rings. The van der Waals surface area contributed by atoms with Crippen LogP contribution in [-0.4, -0.2) is 55.7 Å². The topological polar surface area (TPSA) is 97.7 Å². The van der Waals surface area contributed by atoms with Crippen molar-refractivity contribution in [1.82, 2.24) is 9.47 Å². The lowest BCUT2D eigenvalue weighted by atomic mass is 10.1. The summed E-state index contributed by atoms with van der Waals surface area (Å²) >= 11 is 0. The molecule has 1 aromatic heterocycles. The van der Waals surface area contributed by atoms with Crippen LogP contribution in [0.1, 0.15) is 19.3 Å². The number of aromatic nitrogens is 1. The summed E-state index contributed by atoms with van der Waals surface area (Å²) < 4.78 is 33.1. The van der Waals surface area contributed by atoms with E-state index in [4.69, 9.17) is 4.74 Å². The van der Waals surface area contributed by atoms with Crippen LogP contribution in [0, 0.1) is 0 Å². The Balaban J connectivity index is 1.54. The molecule has 0 atom stereocenters. The first-order chi connectivity index (χ1) is 15.9. The molecule has 8 nitrogen and oxygen atoms in total. The molecule has 2 aromatic carbocycles. The molecular weight excluding hydrogens is 442 g/mol. The van der Waals surface area contributed by atoms with Crippen molar-refractivity contribution in [3.63, 3.8) is 0 Å². The van der Waals surface area contributed by atoms with Crippen LogP contribution in [0.4, 0.5) is 5.69 Å². The van der Waals surface area contributed by atoms with Crippen LogP contribution in [0.5, 0.6) is 5.75 Å². The van der Waals surface area contributed by atoms with Crippen LogP contribution in [0.2, 0.25) is 0 Å². The van der Waals surface area contributed by atoms with E-state index >= 15 is 0 Å². The Morgan fingerprint density at radius 2 is 1.70 bits per heavy atom. The number of hydrogen-bond acceptors (Lipinski definition) is 5. The molecule has 0 bridgehead atoms. The van der Waals surface area contributed by atoms with Crippen LogP contribution in [-0.2, 0) is 26.0 Å². The molecule has 2 amide bonds. The minimum atomic E-state index is -3.94. The van der Waals surface area contributed by atoms with Crippen LogP contribution in [0.25, 0.3) is 10.9 Å². The monoisotopic (exact) mass is 469 g/mol. The first-order valence-electron chi connectivity index (χ1n) is 10.9. The maximum Gasteiger partial charge on any atom is 0.242 e. The Kier molecular flexibility index (Phi) is 6.69. The highest BCUT2D eigenvalue weighted by molar-refractivity contribution is 7.92. The van der Waals surface area contributed by atoms with E-state index in [2.05, 4.69) is 5.32 Å². The molecule has 1 fully saturated rings. The van der Waals surface area contributed by atoms with Crippen molar-refractivity contribution in [2.24, 2.45) is 0 Å². The number of benzene rings is 2. The molecule has 4 rings (SSSR count). The number of ether oxygens (including phenoxy) is 1. The third-order valence-corrected chi connectivity index (χ3v) is 7.43. The standard InChI is InChI=1S/C24H27N3O5S/c1-32-19-11-9-18(10-12-19)25-23(28)17-33(30,31)22-15-27(21-8-4-3-7-20(21)22)16-24(29)26-13-5-2-6-14-26/h3-4,7-12,15H,2,5-6,13-14,16-17H2,1H3,(H,25,28). The number of sulfone groups is 1. The van der Waals surface area contributed by atoms with E-state index < -0.39 is 21.5 Å². The van der Waals surface area contributed by atoms with Gasteiger partial charge in [-0.05, 0) is 49.6 Å². The van der Waals surface area contributed by atoms with Crippen molar-refractivity contribution < 1.29 is 22.7 Å². The Hall–Kier alpha value is -3.33. The highest BCUT2D eigenvalue weighted by atomic mass is 32.2. The molecule has 2 heterocycles. The molecule has 33 heavy (non-hydrogen) atoms. The van der Waals surface area contributed by atoms with Gasteiger partial charge in [0.25, 0.3) is 0 Å². The Bertz CT molecular complexity index is 1260. The fourth-order valence-corrected chi connectivity index (χ4v) is 5.47. The van der Waals surface area contributed by atoms with Gasteiger partial charge in [0, 0.05) is 35.9 Å². The Morgan fingerprint density at radius 1 is 1.00 bits per heavy atom. The van der Waals surface area contributed by atoms with Gasteiger partial charge in [-0.3, -0.25) is 9.59 Å². The second-order valence-electron chi connectivity index (χ2n) is 8.12. The summed E-state index contributed by atoms with van der Waals surface area (Å²) in [6.07, 6.45) is 4.57. The first-order valence-corrected chi connectivity index (χ1v) is 12.5. The molecular formula is C24H27N3O5S. The third-order valence-electron chi connectivity index (χ3n) is 5.80. The SMILES string of the molecule is COc1ccc(NC(=O)CS(=O)(=O)c2cn(CC(=O)N3CCCCC3)c3ccccc23)cc1. The number of nitrogens with zero attached hydrogens (tertiary/aromatic N) is 2. The molecule has 0 spiro atoms. The molecule has 0 saturated carbocycles. The Morgan fingerprint density at radius 3 is 2.39 bits per heavy atom. The van der Waals surface area contributed by atoms with Crippen LogP contribution in [0.15, 0.2) is 59.6 Å². The van der Waals surface area contributed by atoms with Crippen LogP contribution in [0.3, 0.4) is 0 Å². The molecule has 1 aliphatic heterocycles. The second-order valence-corrected chi connectivity index (χ2v) is 10.1. The summed E-state index contributed by atoms with van der Waals surface area (Å²) in [6, 6.07) is 13.7. The molecule has 9 heteroatoms. The number of carbonyl (C=O) groups excluding carboxylic acids is 2. The quantitative estimate of drug-likeness (QED) is 0.574. The summed E-state index contributed by atoms with van der Waals surface area (Å²) in [7, 11) is -2.40. The molecule has 0 unspecified atom stereocenters. The molecule has 0 aliphatic carbocycles. The van der Waals surface area contributed by atoms with Gasteiger partial charge in [0.15, 0.2) is 9.84 Å². The van der Waals surface area contributed by atoms with Gasteiger partial charge in [-0.25, -0.2) is 8.42 Å².